The van der Waals surface area contributed by atoms with E-state index in [1.807, 2.05) is 13.0 Å². The molecular formula is C15H26N2O. The lowest BCUT2D eigenvalue weighted by Gasteiger charge is -2.37. The summed E-state index contributed by atoms with van der Waals surface area (Å²) in [6.45, 7) is 8.65. The fourth-order valence-corrected chi connectivity index (χ4v) is 3.30. The maximum absolute atomic E-state index is 6.24. The number of hydrogen-bond acceptors (Lipinski definition) is 3. The van der Waals surface area contributed by atoms with E-state index >= 15 is 0 Å². The van der Waals surface area contributed by atoms with Gasteiger partial charge >= 0.3 is 0 Å². The Morgan fingerprint density at radius 1 is 1.44 bits per heavy atom. The average Bonchev–Trinajstić information content (AvgIpc) is 2.87. The molecule has 3 nitrogen and oxygen atoms in total. The second kappa shape index (κ2) is 5.45. The Morgan fingerprint density at radius 2 is 2.17 bits per heavy atom. The van der Waals surface area contributed by atoms with Crippen LogP contribution < -0.4 is 5.73 Å². The summed E-state index contributed by atoms with van der Waals surface area (Å²) in [5, 5.41) is 0. The molecule has 1 aliphatic heterocycles. The highest BCUT2D eigenvalue weighted by Gasteiger charge is 2.38. The van der Waals surface area contributed by atoms with Crippen LogP contribution in [0, 0.1) is 6.92 Å². The van der Waals surface area contributed by atoms with Crippen LogP contribution in [-0.2, 0) is 0 Å². The van der Waals surface area contributed by atoms with E-state index in [1.54, 1.807) is 0 Å². The van der Waals surface area contributed by atoms with Crippen molar-refractivity contribution in [3.05, 3.63) is 23.7 Å². The van der Waals surface area contributed by atoms with Crippen LogP contribution in [0.2, 0.25) is 0 Å². The van der Waals surface area contributed by atoms with Crippen LogP contribution in [0.1, 0.15) is 57.6 Å². The summed E-state index contributed by atoms with van der Waals surface area (Å²) in [6.07, 6.45) is 3.73. The molecule has 0 aromatic carbocycles. The van der Waals surface area contributed by atoms with E-state index in [4.69, 9.17) is 10.2 Å². The lowest BCUT2D eigenvalue weighted by atomic mass is 10.0. The number of nitrogens with two attached hydrogens (primary N) is 1. The van der Waals surface area contributed by atoms with Gasteiger partial charge < -0.3 is 10.2 Å². The van der Waals surface area contributed by atoms with Crippen molar-refractivity contribution in [2.24, 2.45) is 5.73 Å². The Balaban J connectivity index is 2.29. The molecule has 1 saturated heterocycles. The van der Waals surface area contributed by atoms with E-state index in [-0.39, 0.29) is 12.1 Å². The van der Waals surface area contributed by atoms with Crippen molar-refractivity contribution in [2.75, 3.05) is 0 Å². The summed E-state index contributed by atoms with van der Waals surface area (Å²) in [6, 6.07) is 5.65. The molecule has 4 atom stereocenters. The minimum absolute atomic E-state index is 0.0881. The largest absolute Gasteiger partial charge is 0.465 e. The third kappa shape index (κ3) is 2.47. The molecule has 0 radical (unpaired) electrons. The molecule has 2 N–H and O–H groups in total. The summed E-state index contributed by atoms with van der Waals surface area (Å²) in [5.41, 5.74) is 6.24. The molecule has 2 rings (SSSR count). The van der Waals surface area contributed by atoms with Gasteiger partial charge in [0.25, 0.3) is 0 Å². The van der Waals surface area contributed by atoms with Crippen molar-refractivity contribution in [2.45, 2.75) is 71.1 Å². The van der Waals surface area contributed by atoms with Gasteiger partial charge in [0, 0.05) is 18.1 Å². The monoisotopic (exact) mass is 250 g/mol. The summed E-state index contributed by atoms with van der Waals surface area (Å²) >= 11 is 0. The quantitative estimate of drug-likeness (QED) is 0.892. The van der Waals surface area contributed by atoms with Gasteiger partial charge in [-0.15, -0.1) is 0 Å². The predicted octanol–water partition coefficient (Wildman–Crippen LogP) is 3.24. The van der Waals surface area contributed by atoms with Gasteiger partial charge in [-0.1, -0.05) is 6.92 Å². The van der Waals surface area contributed by atoms with Crippen LogP contribution in [0.3, 0.4) is 0 Å². The zero-order chi connectivity index (χ0) is 13.3. The molecule has 18 heavy (non-hydrogen) atoms. The molecule has 0 bridgehead atoms. The first-order valence-corrected chi connectivity index (χ1v) is 7.14. The third-order valence-electron chi connectivity index (χ3n) is 4.19. The van der Waals surface area contributed by atoms with E-state index in [0.29, 0.717) is 12.1 Å². The highest BCUT2D eigenvalue weighted by atomic mass is 16.3. The molecule has 0 spiro atoms. The molecule has 1 fully saturated rings. The van der Waals surface area contributed by atoms with Gasteiger partial charge in [-0.05, 0) is 52.2 Å². The zero-order valence-electron chi connectivity index (χ0n) is 12.0. The zero-order valence-corrected chi connectivity index (χ0v) is 12.0. The SMILES string of the molecule is CCC1CCC(C)N1C(c1ccc(C)o1)C(C)N. The predicted molar refractivity (Wildman–Crippen MR) is 74.4 cm³/mol. The first-order chi connectivity index (χ1) is 8.54. The first-order valence-electron chi connectivity index (χ1n) is 7.14. The molecule has 2 heterocycles. The number of furan rings is 1. The van der Waals surface area contributed by atoms with Crippen molar-refractivity contribution in [3.63, 3.8) is 0 Å². The minimum Gasteiger partial charge on any atom is -0.465 e. The Morgan fingerprint density at radius 3 is 2.67 bits per heavy atom. The molecule has 102 valence electrons. The van der Waals surface area contributed by atoms with Gasteiger partial charge in [0.1, 0.15) is 11.5 Å². The Kier molecular flexibility index (Phi) is 4.13. The normalized spacial score (nSPS) is 28.5. The van der Waals surface area contributed by atoms with Crippen molar-refractivity contribution in [3.8, 4) is 0 Å². The summed E-state index contributed by atoms with van der Waals surface area (Å²) in [4.78, 5) is 2.57. The fraction of sp³-hybridized carbons (Fsp3) is 0.733. The number of rotatable bonds is 4. The van der Waals surface area contributed by atoms with E-state index < -0.39 is 0 Å². The molecule has 3 heteroatoms. The smallest absolute Gasteiger partial charge is 0.122 e. The van der Waals surface area contributed by atoms with Gasteiger partial charge in [-0.3, -0.25) is 4.90 Å². The van der Waals surface area contributed by atoms with Gasteiger partial charge in [-0.25, -0.2) is 0 Å². The minimum atomic E-state index is 0.0881. The van der Waals surface area contributed by atoms with Crippen LogP contribution in [0.4, 0.5) is 0 Å². The van der Waals surface area contributed by atoms with Crippen LogP contribution in [0.5, 0.6) is 0 Å². The highest BCUT2D eigenvalue weighted by molar-refractivity contribution is 5.13. The molecule has 4 unspecified atom stereocenters. The number of hydrogen-bond donors (Lipinski definition) is 1. The fourth-order valence-electron chi connectivity index (χ4n) is 3.30. The maximum Gasteiger partial charge on any atom is 0.122 e. The Bertz CT molecular complexity index is 386. The summed E-state index contributed by atoms with van der Waals surface area (Å²) < 4.78 is 5.84. The number of aryl methyl sites for hydroxylation is 1. The molecule has 1 aromatic heterocycles. The van der Waals surface area contributed by atoms with Crippen molar-refractivity contribution in [1.29, 1.82) is 0 Å². The lowest BCUT2D eigenvalue weighted by Crippen LogP contribution is -2.44. The Hall–Kier alpha value is -0.800. The lowest BCUT2D eigenvalue weighted by molar-refractivity contribution is 0.100. The molecule has 0 saturated carbocycles. The standard InChI is InChI=1S/C15H26N2O/c1-5-13-8-6-10(2)17(13)15(12(4)16)14-9-7-11(3)18-14/h7,9-10,12-13,15H,5-6,8,16H2,1-4H3. The Labute approximate surface area is 110 Å². The molecule has 0 aliphatic carbocycles. The van der Waals surface area contributed by atoms with E-state index in [2.05, 4.69) is 31.7 Å². The van der Waals surface area contributed by atoms with E-state index in [0.717, 1.165) is 11.5 Å². The topological polar surface area (TPSA) is 42.4 Å². The van der Waals surface area contributed by atoms with Gasteiger partial charge in [0.15, 0.2) is 0 Å². The third-order valence-corrected chi connectivity index (χ3v) is 4.19. The second-order valence-corrected chi connectivity index (χ2v) is 5.69. The first kappa shape index (κ1) is 13.6. The summed E-state index contributed by atoms with van der Waals surface area (Å²) in [7, 11) is 0. The van der Waals surface area contributed by atoms with Crippen LogP contribution in [0.15, 0.2) is 16.5 Å². The molecule has 1 aromatic rings. The van der Waals surface area contributed by atoms with Crippen molar-refractivity contribution in [1.82, 2.24) is 4.90 Å². The van der Waals surface area contributed by atoms with Gasteiger partial charge in [-0.2, -0.15) is 0 Å². The number of likely N-dealkylation sites (tertiary alicyclic amines) is 1. The highest BCUT2D eigenvalue weighted by Crippen LogP contribution is 2.36. The molecular weight excluding hydrogens is 224 g/mol. The van der Waals surface area contributed by atoms with E-state index in [1.165, 1.54) is 19.3 Å². The number of nitrogens with zero attached hydrogens (tertiary/aromatic N) is 1. The second-order valence-electron chi connectivity index (χ2n) is 5.69. The average molecular weight is 250 g/mol. The maximum atomic E-state index is 6.24. The molecule has 1 aliphatic rings. The van der Waals surface area contributed by atoms with E-state index in [9.17, 15) is 0 Å². The van der Waals surface area contributed by atoms with Crippen LogP contribution >= 0.6 is 0 Å². The summed E-state index contributed by atoms with van der Waals surface area (Å²) in [5.74, 6) is 1.99. The van der Waals surface area contributed by atoms with Crippen molar-refractivity contribution >= 4 is 0 Å². The molecule has 0 amide bonds. The van der Waals surface area contributed by atoms with Crippen LogP contribution in [-0.4, -0.2) is 23.0 Å². The van der Waals surface area contributed by atoms with Crippen molar-refractivity contribution < 1.29 is 4.42 Å². The van der Waals surface area contributed by atoms with Gasteiger partial charge in [0.05, 0.1) is 6.04 Å². The van der Waals surface area contributed by atoms with Crippen LogP contribution in [0.25, 0.3) is 0 Å². The van der Waals surface area contributed by atoms with Gasteiger partial charge in [0.2, 0.25) is 0 Å².